The van der Waals surface area contributed by atoms with Gasteiger partial charge in [0.05, 0.1) is 11.1 Å². The molecule has 0 radical (unpaired) electrons. The Morgan fingerprint density at radius 1 is 0.900 bits per heavy atom. The van der Waals surface area contributed by atoms with Crippen LogP contribution >= 0.6 is 0 Å². The van der Waals surface area contributed by atoms with Crippen molar-refractivity contribution in [3.05, 3.63) is 77.4 Å². The molecule has 1 heterocycles. The van der Waals surface area contributed by atoms with E-state index in [1.165, 1.54) is 12.1 Å². The lowest BCUT2D eigenvalue weighted by Crippen LogP contribution is -2.48. The van der Waals surface area contributed by atoms with Crippen molar-refractivity contribution in [2.75, 3.05) is 26.2 Å². The van der Waals surface area contributed by atoms with E-state index in [4.69, 9.17) is 0 Å². The van der Waals surface area contributed by atoms with E-state index in [-0.39, 0.29) is 17.2 Å². The van der Waals surface area contributed by atoms with Crippen LogP contribution in [0, 0.1) is 0 Å². The normalized spacial score (nSPS) is 15.5. The topological polar surface area (TPSA) is 43.8 Å². The minimum atomic E-state index is -4.36. The molecule has 1 aliphatic heterocycles. The fourth-order valence-electron chi connectivity index (χ4n) is 3.78. The molecular weight excluding hydrogens is 393 g/mol. The summed E-state index contributed by atoms with van der Waals surface area (Å²) in [4.78, 5) is 16.6. The molecule has 156 valence electrons. The fraction of sp³-hybridized carbons (Fsp3) is 0.261. The molecule has 1 saturated heterocycles. The third-order valence-corrected chi connectivity index (χ3v) is 5.41. The van der Waals surface area contributed by atoms with Crippen LogP contribution in [0.25, 0.3) is 10.8 Å². The SMILES string of the molecule is O=C(c1cc2ccccc2cc1O)N1CCN(Cc2cccc(C(F)(F)F)c2)CC1. The van der Waals surface area contributed by atoms with Gasteiger partial charge < -0.3 is 10.0 Å². The number of nitrogens with zero attached hydrogens (tertiary/aromatic N) is 2. The van der Waals surface area contributed by atoms with Crippen molar-refractivity contribution in [3.63, 3.8) is 0 Å². The maximum absolute atomic E-state index is 12.9. The maximum Gasteiger partial charge on any atom is 0.416 e. The van der Waals surface area contributed by atoms with Gasteiger partial charge in [0.25, 0.3) is 5.91 Å². The summed E-state index contributed by atoms with van der Waals surface area (Å²) in [5, 5.41) is 12.0. The van der Waals surface area contributed by atoms with Gasteiger partial charge in [-0.1, -0.05) is 42.5 Å². The molecular formula is C23H21F3N2O2. The first-order valence-electron chi connectivity index (χ1n) is 9.71. The molecule has 1 N–H and O–H groups in total. The first-order chi connectivity index (χ1) is 14.3. The Labute approximate surface area is 172 Å². The van der Waals surface area contributed by atoms with Crippen molar-refractivity contribution >= 4 is 16.7 Å². The molecule has 30 heavy (non-hydrogen) atoms. The van der Waals surface area contributed by atoms with Crippen LogP contribution in [0.3, 0.4) is 0 Å². The number of alkyl halides is 3. The Morgan fingerprint density at radius 3 is 2.23 bits per heavy atom. The van der Waals surface area contributed by atoms with E-state index in [2.05, 4.69) is 0 Å². The largest absolute Gasteiger partial charge is 0.507 e. The minimum Gasteiger partial charge on any atom is -0.507 e. The van der Waals surface area contributed by atoms with Gasteiger partial charge in [0.15, 0.2) is 0 Å². The number of piperazine rings is 1. The molecule has 1 fully saturated rings. The lowest BCUT2D eigenvalue weighted by molar-refractivity contribution is -0.137. The van der Waals surface area contributed by atoms with Gasteiger partial charge in [-0.2, -0.15) is 13.2 Å². The number of phenols is 1. The number of halogens is 3. The highest BCUT2D eigenvalue weighted by atomic mass is 19.4. The highest BCUT2D eigenvalue weighted by Gasteiger charge is 2.30. The van der Waals surface area contributed by atoms with Gasteiger partial charge in [-0.05, 0) is 34.5 Å². The zero-order valence-corrected chi connectivity index (χ0v) is 16.2. The second-order valence-electron chi connectivity index (χ2n) is 7.48. The third kappa shape index (κ3) is 4.26. The van der Waals surface area contributed by atoms with Gasteiger partial charge in [0.1, 0.15) is 5.75 Å². The van der Waals surface area contributed by atoms with E-state index in [1.54, 1.807) is 23.1 Å². The molecule has 0 unspecified atom stereocenters. The number of hydrogen-bond acceptors (Lipinski definition) is 3. The van der Waals surface area contributed by atoms with Crippen LogP contribution in [-0.2, 0) is 12.7 Å². The molecule has 4 nitrogen and oxygen atoms in total. The van der Waals surface area contributed by atoms with E-state index < -0.39 is 11.7 Å². The molecule has 0 atom stereocenters. The van der Waals surface area contributed by atoms with Crippen molar-refractivity contribution in [3.8, 4) is 5.75 Å². The molecule has 3 aromatic carbocycles. The van der Waals surface area contributed by atoms with Crippen LogP contribution in [0.15, 0.2) is 60.7 Å². The molecule has 0 aromatic heterocycles. The summed E-state index contributed by atoms with van der Waals surface area (Å²) < 4.78 is 38.7. The quantitative estimate of drug-likeness (QED) is 0.685. The molecule has 3 aromatic rings. The van der Waals surface area contributed by atoms with Crippen LogP contribution in [0.5, 0.6) is 5.75 Å². The van der Waals surface area contributed by atoms with E-state index in [0.717, 1.165) is 16.8 Å². The van der Waals surface area contributed by atoms with E-state index in [9.17, 15) is 23.1 Å². The van der Waals surface area contributed by atoms with E-state index >= 15 is 0 Å². The monoisotopic (exact) mass is 414 g/mol. The number of amides is 1. The van der Waals surface area contributed by atoms with Crippen molar-refractivity contribution in [1.29, 1.82) is 0 Å². The Kier molecular flexibility index (Phi) is 5.39. The van der Waals surface area contributed by atoms with E-state index in [0.29, 0.717) is 38.3 Å². The van der Waals surface area contributed by atoms with Gasteiger partial charge >= 0.3 is 6.18 Å². The highest BCUT2D eigenvalue weighted by molar-refractivity contribution is 6.01. The number of benzene rings is 3. The Balaban J connectivity index is 1.41. The number of hydrogen-bond donors (Lipinski definition) is 1. The van der Waals surface area contributed by atoms with Gasteiger partial charge in [-0.25, -0.2) is 0 Å². The molecule has 1 aliphatic rings. The summed E-state index contributed by atoms with van der Waals surface area (Å²) >= 11 is 0. The number of rotatable bonds is 3. The van der Waals surface area contributed by atoms with Crippen molar-refractivity contribution < 1.29 is 23.1 Å². The number of phenolic OH excluding ortho intramolecular Hbond substituents is 1. The van der Waals surface area contributed by atoms with Crippen molar-refractivity contribution in [2.24, 2.45) is 0 Å². The second kappa shape index (κ2) is 7.99. The summed E-state index contributed by atoms with van der Waals surface area (Å²) in [5.41, 5.74) is 0.206. The van der Waals surface area contributed by atoms with Gasteiger partial charge in [0, 0.05) is 32.7 Å². The molecule has 1 amide bonds. The molecule has 0 spiro atoms. The van der Waals surface area contributed by atoms with Crippen LogP contribution in [0.1, 0.15) is 21.5 Å². The Hall–Kier alpha value is -3.06. The summed E-state index contributed by atoms with van der Waals surface area (Å²) in [6, 6.07) is 16.1. The summed E-state index contributed by atoms with van der Waals surface area (Å²) in [6.07, 6.45) is -4.36. The van der Waals surface area contributed by atoms with Crippen molar-refractivity contribution in [2.45, 2.75) is 12.7 Å². The average Bonchev–Trinajstić information content (AvgIpc) is 2.73. The van der Waals surface area contributed by atoms with Crippen molar-refractivity contribution in [1.82, 2.24) is 9.80 Å². The van der Waals surface area contributed by atoms with Gasteiger partial charge in [-0.3, -0.25) is 9.69 Å². The lowest BCUT2D eigenvalue weighted by atomic mass is 10.0. The lowest BCUT2D eigenvalue weighted by Gasteiger charge is -2.35. The first-order valence-corrected chi connectivity index (χ1v) is 9.71. The molecule has 0 saturated carbocycles. The second-order valence-corrected chi connectivity index (χ2v) is 7.48. The van der Waals surface area contributed by atoms with Crippen LogP contribution in [0.4, 0.5) is 13.2 Å². The van der Waals surface area contributed by atoms with Gasteiger partial charge in [-0.15, -0.1) is 0 Å². The van der Waals surface area contributed by atoms with Crippen LogP contribution < -0.4 is 0 Å². The molecule has 0 aliphatic carbocycles. The first kappa shape index (κ1) is 20.2. The molecule has 4 rings (SSSR count). The minimum absolute atomic E-state index is 0.0508. The van der Waals surface area contributed by atoms with Gasteiger partial charge in [0.2, 0.25) is 0 Å². The standard InChI is InChI=1S/C23H21F3N2O2/c24-23(25,26)19-7-3-4-16(12-19)15-27-8-10-28(11-9-27)22(30)20-13-17-5-1-2-6-18(17)14-21(20)29/h1-7,12-14,29H,8-11,15H2. The predicted octanol–water partition coefficient (Wildman–Crippen LogP) is 4.52. The number of aromatic hydroxyl groups is 1. The number of carbonyl (C=O) groups excluding carboxylic acids is 1. The predicted molar refractivity (Wildman–Crippen MR) is 108 cm³/mol. The fourth-order valence-corrected chi connectivity index (χ4v) is 3.78. The zero-order chi connectivity index (χ0) is 21.3. The summed E-state index contributed by atoms with van der Waals surface area (Å²) in [7, 11) is 0. The number of carbonyl (C=O) groups is 1. The average molecular weight is 414 g/mol. The summed E-state index contributed by atoms with van der Waals surface area (Å²) in [5.74, 6) is -0.290. The van der Waals surface area contributed by atoms with E-state index in [1.807, 2.05) is 29.2 Å². The highest BCUT2D eigenvalue weighted by Crippen LogP contribution is 2.30. The van der Waals surface area contributed by atoms with Crippen LogP contribution in [-0.4, -0.2) is 47.0 Å². The third-order valence-electron chi connectivity index (χ3n) is 5.41. The Morgan fingerprint density at radius 2 is 1.57 bits per heavy atom. The Bertz CT molecular complexity index is 1070. The maximum atomic E-state index is 12.9. The molecule has 7 heteroatoms. The molecule has 0 bridgehead atoms. The summed E-state index contributed by atoms with van der Waals surface area (Å²) in [6.45, 7) is 2.40. The number of fused-ring (bicyclic) bond motifs is 1. The smallest absolute Gasteiger partial charge is 0.416 e. The zero-order valence-electron chi connectivity index (χ0n) is 16.2. The van der Waals surface area contributed by atoms with Crippen LogP contribution in [0.2, 0.25) is 0 Å².